The molecule has 11 heteroatoms. The predicted molar refractivity (Wildman–Crippen MR) is 113 cm³/mol. The Hall–Kier alpha value is -2.69. The Balaban J connectivity index is 0.00000280. The van der Waals surface area contributed by atoms with Gasteiger partial charge in [0.15, 0.2) is 5.13 Å². The topological polar surface area (TPSA) is 113 Å². The molecule has 0 saturated heterocycles. The number of carbonyl (C=O) groups is 1. The first-order valence-corrected chi connectivity index (χ1v) is 10.6. The van der Waals surface area contributed by atoms with Gasteiger partial charge in [-0.25, -0.2) is 18.2 Å². The molecule has 0 aliphatic heterocycles. The van der Waals surface area contributed by atoms with Gasteiger partial charge in [0.05, 0.1) is 11.9 Å². The van der Waals surface area contributed by atoms with Crippen LogP contribution in [0.15, 0.2) is 54.2 Å². The Morgan fingerprint density at radius 3 is 2.64 bits per heavy atom. The zero-order valence-corrected chi connectivity index (χ0v) is 17.2. The van der Waals surface area contributed by atoms with E-state index in [2.05, 4.69) is 25.3 Å². The van der Waals surface area contributed by atoms with E-state index in [1.54, 1.807) is 36.7 Å². The highest BCUT2D eigenvalue weighted by molar-refractivity contribution is 7.92. The molecule has 0 atom stereocenters. The smallest absolute Gasteiger partial charge is 0.321 e. The highest BCUT2D eigenvalue weighted by Gasteiger charge is 2.08. The lowest BCUT2D eigenvalue weighted by molar-refractivity contribution is 0.251. The zero-order valence-electron chi connectivity index (χ0n) is 14.7. The van der Waals surface area contributed by atoms with Crippen LogP contribution in [0.5, 0.6) is 0 Å². The summed E-state index contributed by atoms with van der Waals surface area (Å²) in [5.41, 5.74) is 2.89. The van der Waals surface area contributed by atoms with Crippen molar-refractivity contribution in [3.05, 3.63) is 59.7 Å². The fourth-order valence-corrected chi connectivity index (χ4v) is 3.54. The monoisotopic (exact) mass is 439 g/mol. The maximum absolute atomic E-state index is 12.1. The summed E-state index contributed by atoms with van der Waals surface area (Å²) in [6.45, 7) is 0.244. The van der Waals surface area contributed by atoms with E-state index >= 15 is 0 Å². The zero-order chi connectivity index (χ0) is 19.3. The molecule has 28 heavy (non-hydrogen) atoms. The van der Waals surface area contributed by atoms with Gasteiger partial charge in [-0.05, 0) is 29.8 Å². The van der Waals surface area contributed by atoms with Crippen LogP contribution in [0, 0.1) is 0 Å². The van der Waals surface area contributed by atoms with Gasteiger partial charge in [0.2, 0.25) is 10.0 Å². The lowest BCUT2D eigenvalue weighted by Gasteiger charge is -2.08. The second-order valence-corrected chi connectivity index (χ2v) is 8.26. The van der Waals surface area contributed by atoms with Crippen molar-refractivity contribution in [2.24, 2.45) is 0 Å². The SMILES string of the molecule is CS(=O)(=O)Nc1cccc(CNC(=O)Nc2nc(-c3ccncc3)cs2)c1.Cl. The van der Waals surface area contributed by atoms with Gasteiger partial charge in [-0.3, -0.25) is 15.0 Å². The lowest BCUT2D eigenvalue weighted by atomic mass is 10.2. The maximum Gasteiger partial charge on any atom is 0.321 e. The minimum absolute atomic E-state index is 0. The van der Waals surface area contributed by atoms with E-state index < -0.39 is 16.1 Å². The standard InChI is InChI=1S/C17H17N5O3S2.ClH/c1-27(24,25)22-14-4-2-3-12(9-14)10-19-16(23)21-17-20-15(11-26-17)13-5-7-18-8-6-13;/h2-9,11,22H,10H2,1H3,(H2,19,20,21,23);1H. The van der Waals surface area contributed by atoms with Crippen LogP contribution in [-0.2, 0) is 16.6 Å². The molecule has 0 aliphatic rings. The number of anilines is 2. The van der Waals surface area contributed by atoms with Crippen LogP contribution in [-0.4, -0.2) is 30.7 Å². The molecular weight excluding hydrogens is 422 g/mol. The molecule has 0 bridgehead atoms. The summed E-state index contributed by atoms with van der Waals surface area (Å²) in [7, 11) is -3.35. The molecule has 0 saturated carbocycles. The number of amides is 2. The molecule has 2 aromatic heterocycles. The van der Waals surface area contributed by atoms with Crippen LogP contribution in [0.25, 0.3) is 11.3 Å². The molecule has 148 valence electrons. The normalized spacial score (nSPS) is 10.6. The quantitative estimate of drug-likeness (QED) is 0.545. The molecule has 8 nitrogen and oxygen atoms in total. The molecule has 0 radical (unpaired) electrons. The van der Waals surface area contributed by atoms with Crippen molar-refractivity contribution < 1.29 is 13.2 Å². The Bertz CT molecular complexity index is 1040. The number of hydrogen-bond donors (Lipinski definition) is 3. The Morgan fingerprint density at radius 2 is 1.93 bits per heavy atom. The average Bonchev–Trinajstić information content (AvgIpc) is 3.08. The highest BCUT2D eigenvalue weighted by Crippen LogP contribution is 2.24. The van der Waals surface area contributed by atoms with Crippen LogP contribution in [0.3, 0.4) is 0 Å². The summed E-state index contributed by atoms with van der Waals surface area (Å²) >= 11 is 1.32. The fourth-order valence-electron chi connectivity index (χ4n) is 2.27. The van der Waals surface area contributed by atoms with E-state index in [1.165, 1.54) is 11.3 Å². The van der Waals surface area contributed by atoms with Crippen molar-refractivity contribution >= 4 is 50.6 Å². The fraction of sp³-hybridized carbons (Fsp3) is 0.118. The van der Waals surface area contributed by atoms with E-state index in [4.69, 9.17) is 0 Å². The van der Waals surface area contributed by atoms with Gasteiger partial charge in [-0.15, -0.1) is 23.7 Å². The minimum atomic E-state index is -3.35. The van der Waals surface area contributed by atoms with Gasteiger partial charge < -0.3 is 5.32 Å². The second-order valence-electron chi connectivity index (χ2n) is 5.66. The first-order chi connectivity index (χ1) is 12.9. The van der Waals surface area contributed by atoms with Crippen molar-refractivity contribution in [1.29, 1.82) is 0 Å². The molecule has 0 unspecified atom stereocenters. The number of benzene rings is 1. The largest absolute Gasteiger partial charge is 0.334 e. The van der Waals surface area contributed by atoms with Crippen molar-refractivity contribution in [3.63, 3.8) is 0 Å². The molecule has 1 aromatic carbocycles. The van der Waals surface area contributed by atoms with Crippen LogP contribution in [0.2, 0.25) is 0 Å². The number of pyridine rings is 1. The number of thiazole rings is 1. The number of sulfonamides is 1. The van der Waals surface area contributed by atoms with E-state index in [0.29, 0.717) is 10.8 Å². The van der Waals surface area contributed by atoms with Crippen LogP contribution in [0.1, 0.15) is 5.56 Å². The summed E-state index contributed by atoms with van der Waals surface area (Å²) in [4.78, 5) is 20.4. The molecule has 2 heterocycles. The summed E-state index contributed by atoms with van der Waals surface area (Å²) in [5, 5.41) is 7.73. The number of urea groups is 1. The molecule has 3 aromatic rings. The summed E-state index contributed by atoms with van der Waals surface area (Å²) in [6, 6.07) is 10.1. The Morgan fingerprint density at radius 1 is 1.18 bits per heavy atom. The second kappa shape index (κ2) is 9.49. The van der Waals surface area contributed by atoms with Crippen molar-refractivity contribution in [3.8, 4) is 11.3 Å². The van der Waals surface area contributed by atoms with Gasteiger partial charge in [-0.2, -0.15) is 0 Å². The minimum Gasteiger partial charge on any atom is -0.334 e. The number of nitrogens with zero attached hydrogens (tertiary/aromatic N) is 2. The van der Waals surface area contributed by atoms with Crippen LogP contribution in [0.4, 0.5) is 15.6 Å². The molecule has 3 N–H and O–H groups in total. The molecule has 2 amide bonds. The third-order valence-electron chi connectivity index (χ3n) is 3.38. The molecular formula is C17H18ClN5O3S2. The number of aromatic nitrogens is 2. The average molecular weight is 440 g/mol. The van der Waals surface area contributed by atoms with Crippen molar-refractivity contribution in [2.45, 2.75) is 6.54 Å². The van der Waals surface area contributed by atoms with Crippen LogP contribution >= 0.6 is 23.7 Å². The Labute approximate surface area is 172 Å². The highest BCUT2D eigenvalue weighted by atomic mass is 35.5. The van der Waals surface area contributed by atoms with Crippen LogP contribution < -0.4 is 15.4 Å². The molecule has 0 fully saturated rings. The first kappa shape index (κ1) is 21.6. The van der Waals surface area contributed by atoms with Gasteiger partial charge in [-0.1, -0.05) is 12.1 Å². The maximum atomic E-state index is 12.1. The van der Waals surface area contributed by atoms with E-state index in [0.717, 1.165) is 23.1 Å². The third kappa shape index (κ3) is 6.48. The lowest BCUT2D eigenvalue weighted by Crippen LogP contribution is -2.28. The third-order valence-corrected chi connectivity index (χ3v) is 4.75. The van der Waals surface area contributed by atoms with Gasteiger partial charge in [0.1, 0.15) is 0 Å². The first-order valence-electron chi connectivity index (χ1n) is 7.86. The van der Waals surface area contributed by atoms with Crippen molar-refractivity contribution in [1.82, 2.24) is 15.3 Å². The van der Waals surface area contributed by atoms with Gasteiger partial charge >= 0.3 is 6.03 Å². The Kier molecular flexibility index (Phi) is 7.32. The molecule has 3 rings (SSSR count). The number of hydrogen-bond acceptors (Lipinski definition) is 6. The summed E-state index contributed by atoms with van der Waals surface area (Å²) in [6.07, 6.45) is 4.45. The van der Waals surface area contributed by atoms with Gasteiger partial charge in [0, 0.05) is 35.6 Å². The van der Waals surface area contributed by atoms with E-state index in [9.17, 15) is 13.2 Å². The van der Waals surface area contributed by atoms with E-state index in [-0.39, 0.29) is 19.0 Å². The number of halogens is 1. The number of rotatable bonds is 6. The molecule has 0 spiro atoms. The van der Waals surface area contributed by atoms with Crippen molar-refractivity contribution in [2.75, 3.05) is 16.3 Å². The number of nitrogens with one attached hydrogen (secondary N) is 3. The van der Waals surface area contributed by atoms with E-state index in [1.807, 2.05) is 17.5 Å². The predicted octanol–water partition coefficient (Wildman–Crippen LogP) is 3.32. The summed E-state index contributed by atoms with van der Waals surface area (Å²) in [5.74, 6) is 0. The summed E-state index contributed by atoms with van der Waals surface area (Å²) < 4.78 is 25.0. The molecule has 0 aliphatic carbocycles. The number of carbonyl (C=O) groups excluding carboxylic acids is 1. The van der Waals surface area contributed by atoms with Gasteiger partial charge in [0.25, 0.3) is 0 Å².